The van der Waals surface area contributed by atoms with Crippen LogP contribution in [-0.2, 0) is 4.79 Å². The number of nitrogens with zero attached hydrogens (tertiary/aromatic N) is 2. The van der Waals surface area contributed by atoms with Gasteiger partial charge in [0.05, 0.1) is 12.7 Å². The van der Waals surface area contributed by atoms with Crippen LogP contribution < -0.4 is 4.74 Å². The number of para-hydroxylation sites is 1. The van der Waals surface area contributed by atoms with Crippen LogP contribution in [0.1, 0.15) is 31.7 Å². The van der Waals surface area contributed by atoms with Crippen molar-refractivity contribution in [1.29, 1.82) is 0 Å². The first-order chi connectivity index (χ1) is 11.4. The molecule has 5 nitrogen and oxygen atoms in total. The molecule has 1 saturated carbocycles. The van der Waals surface area contributed by atoms with E-state index in [1.165, 1.54) is 0 Å². The van der Waals surface area contributed by atoms with E-state index in [2.05, 4.69) is 11.0 Å². The number of hydrogen-bond acceptors (Lipinski definition) is 4. The lowest BCUT2D eigenvalue weighted by atomic mass is 10.1. The van der Waals surface area contributed by atoms with E-state index in [-0.39, 0.29) is 11.8 Å². The normalized spacial score (nSPS) is 24.8. The second-order valence-corrected chi connectivity index (χ2v) is 7.60. The predicted molar refractivity (Wildman–Crippen MR) is 93.2 cm³/mol. The van der Waals surface area contributed by atoms with Gasteiger partial charge in [0.1, 0.15) is 5.75 Å². The van der Waals surface area contributed by atoms with Crippen molar-refractivity contribution in [3.8, 4) is 5.75 Å². The minimum atomic E-state index is -0.683. The third-order valence-corrected chi connectivity index (χ3v) is 4.94. The number of carbonyl (C=O) groups is 1. The fraction of sp³-hybridized carbons (Fsp3) is 0.632. The predicted octanol–water partition coefficient (Wildman–Crippen LogP) is 1.71. The third kappa shape index (κ3) is 3.90. The Bertz CT molecular complexity index is 589. The number of benzene rings is 1. The molecule has 1 aromatic carbocycles. The maximum atomic E-state index is 12.8. The number of rotatable bonds is 5. The molecule has 2 atom stereocenters. The molecule has 0 spiro atoms. The maximum Gasteiger partial charge on any atom is 0.226 e. The molecule has 1 N–H and O–H groups in total. The van der Waals surface area contributed by atoms with Gasteiger partial charge in [0.2, 0.25) is 5.91 Å². The van der Waals surface area contributed by atoms with E-state index >= 15 is 0 Å². The van der Waals surface area contributed by atoms with Crippen LogP contribution in [0.3, 0.4) is 0 Å². The minimum Gasteiger partial charge on any atom is -0.496 e. The Morgan fingerprint density at radius 1 is 1.25 bits per heavy atom. The zero-order valence-corrected chi connectivity index (χ0v) is 14.9. The van der Waals surface area contributed by atoms with Gasteiger partial charge in [0.15, 0.2) is 0 Å². The van der Waals surface area contributed by atoms with Gasteiger partial charge in [-0.05, 0) is 37.8 Å². The number of β-amino-alcohol motifs (C(OH)–C–C–N with tert-alkyl or cyclic N) is 1. The number of ether oxygens (including phenoxy) is 1. The molecule has 0 unspecified atom stereocenters. The van der Waals surface area contributed by atoms with Crippen LogP contribution in [0.15, 0.2) is 24.3 Å². The average Bonchev–Trinajstić information content (AvgIpc) is 3.34. The van der Waals surface area contributed by atoms with Crippen molar-refractivity contribution < 1.29 is 14.6 Å². The van der Waals surface area contributed by atoms with Gasteiger partial charge < -0.3 is 14.7 Å². The highest BCUT2D eigenvalue weighted by Crippen LogP contribution is 2.51. The SMILES string of the molecule is COc1ccccc1[C@@H]1C[C@H]1C(=O)N1CCN(CC(C)(C)O)CC1. The lowest BCUT2D eigenvalue weighted by molar-refractivity contribution is -0.134. The average molecular weight is 332 g/mol. The summed E-state index contributed by atoms with van der Waals surface area (Å²) in [6.45, 7) is 7.49. The molecular weight excluding hydrogens is 304 g/mol. The van der Waals surface area contributed by atoms with Gasteiger partial charge in [0, 0.05) is 38.6 Å². The first-order valence-electron chi connectivity index (χ1n) is 8.75. The van der Waals surface area contributed by atoms with E-state index in [9.17, 15) is 9.90 Å². The van der Waals surface area contributed by atoms with Crippen LogP contribution in [-0.4, -0.2) is 66.2 Å². The number of carbonyl (C=O) groups excluding carboxylic acids is 1. The van der Waals surface area contributed by atoms with Crippen molar-refractivity contribution in [1.82, 2.24) is 9.80 Å². The lowest BCUT2D eigenvalue weighted by Crippen LogP contribution is -2.52. The highest BCUT2D eigenvalue weighted by atomic mass is 16.5. The second kappa shape index (κ2) is 6.73. The third-order valence-electron chi connectivity index (χ3n) is 4.94. The second-order valence-electron chi connectivity index (χ2n) is 7.60. The summed E-state index contributed by atoms with van der Waals surface area (Å²) in [4.78, 5) is 17.0. The molecule has 132 valence electrons. The summed E-state index contributed by atoms with van der Waals surface area (Å²) in [6.07, 6.45) is 0.920. The summed E-state index contributed by atoms with van der Waals surface area (Å²) in [6, 6.07) is 8.00. The van der Waals surface area contributed by atoms with E-state index in [0.29, 0.717) is 12.5 Å². The standard InChI is InChI=1S/C19H28N2O3/c1-19(2,23)13-20-8-10-21(11-9-20)18(22)16-12-15(16)14-6-4-5-7-17(14)24-3/h4-7,15-16,23H,8-13H2,1-3H3/t15-,16+/m0/s1. The van der Waals surface area contributed by atoms with Crippen molar-refractivity contribution in [3.63, 3.8) is 0 Å². The zero-order valence-electron chi connectivity index (χ0n) is 14.9. The van der Waals surface area contributed by atoms with Crippen molar-refractivity contribution >= 4 is 5.91 Å². The van der Waals surface area contributed by atoms with E-state index in [1.807, 2.05) is 36.9 Å². The quantitative estimate of drug-likeness (QED) is 0.892. The Morgan fingerprint density at radius 3 is 2.54 bits per heavy atom. The monoisotopic (exact) mass is 332 g/mol. The minimum absolute atomic E-state index is 0.0992. The molecule has 0 bridgehead atoms. The summed E-state index contributed by atoms with van der Waals surface area (Å²) in [5.74, 6) is 1.55. The summed E-state index contributed by atoms with van der Waals surface area (Å²) in [5.41, 5.74) is 0.469. The molecule has 1 heterocycles. The fourth-order valence-electron chi connectivity index (χ4n) is 3.69. The highest BCUT2D eigenvalue weighted by Gasteiger charge is 2.47. The van der Waals surface area contributed by atoms with Crippen molar-refractivity contribution in [2.24, 2.45) is 5.92 Å². The fourth-order valence-corrected chi connectivity index (χ4v) is 3.69. The van der Waals surface area contributed by atoms with E-state index < -0.39 is 5.60 Å². The number of aliphatic hydroxyl groups is 1. The molecule has 0 aromatic heterocycles. The number of hydrogen-bond donors (Lipinski definition) is 1. The van der Waals surface area contributed by atoms with E-state index in [1.54, 1.807) is 7.11 Å². The number of piperazine rings is 1. The molecular formula is C19H28N2O3. The molecule has 24 heavy (non-hydrogen) atoms. The Kier molecular flexibility index (Phi) is 4.83. The van der Waals surface area contributed by atoms with Crippen LogP contribution in [0, 0.1) is 5.92 Å². The molecule has 2 fully saturated rings. The first-order valence-corrected chi connectivity index (χ1v) is 8.75. The van der Waals surface area contributed by atoms with Gasteiger partial charge in [-0.15, -0.1) is 0 Å². The molecule has 1 aliphatic heterocycles. The highest BCUT2D eigenvalue weighted by molar-refractivity contribution is 5.83. The van der Waals surface area contributed by atoms with E-state index in [4.69, 9.17) is 4.74 Å². The van der Waals surface area contributed by atoms with Crippen LogP contribution in [0.5, 0.6) is 5.75 Å². The van der Waals surface area contributed by atoms with Gasteiger partial charge in [-0.1, -0.05) is 18.2 Å². The molecule has 1 amide bonds. The van der Waals surface area contributed by atoms with Gasteiger partial charge in [-0.3, -0.25) is 9.69 Å². The molecule has 1 aromatic rings. The molecule has 1 saturated heterocycles. The van der Waals surface area contributed by atoms with Crippen LogP contribution in [0.4, 0.5) is 0 Å². The topological polar surface area (TPSA) is 53.0 Å². The molecule has 5 heteroatoms. The Morgan fingerprint density at radius 2 is 1.92 bits per heavy atom. The number of methoxy groups -OCH3 is 1. The first kappa shape index (κ1) is 17.2. The molecule has 2 aliphatic rings. The lowest BCUT2D eigenvalue weighted by Gasteiger charge is -2.37. The van der Waals surface area contributed by atoms with Crippen LogP contribution in [0.25, 0.3) is 0 Å². The smallest absolute Gasteiger partial charge is 0.226 e. The summed E-state index contributed by atoms with van der Waals surface area (Å²) < 4.78 is 5.43. The molecule has 3 rings (SSSR count). The maximum absolute atomic E-state index is 12.8. The van der Waals surface area contributed by atoms with Crippen molar-refractivity contribution in [2.45, 2.75) is 31.8 Å². The molecule has 1 aliphatic carbocycles. The Balaban J connectivity index is 1.54. The molecule has 0 radical (unpaired) electrons. The largest absolute Gasteiger partial charge is 0.496 e. The summed E-state index contributed by atoms with van der Waals surface area (Å²) in [7, 11) is 1.68. The van der Waals surface area contributed by atoms with Crippen molar-refractivity contribution in [3.05, 3.63) is 29.8 Å². The zero-order chi connectivity index (χ0) is 17.3. The number of amides is 1. The van der Waals surface area contributed by atoms with Gasteiger partial charge in [-0.25, -0.2) is 0 Å². The van der Waals surface area contributed by atoms with Crippen molar-refractivity contribution in [2.75, 3.05) is 39.8 Å². The van der Waals surface area contributed by atoms with Crippen LogP contribution in [0.2, 0.25) is 0 Å². The van der Waals surface area contributed by atoms with Crippen LogP contribution >= 0.6 is 0 Å². The van der Waals surface area contributed by atoms with E-state index in [0.717, 1.165) is 43.9 Å². The Labute approximate surface area is 144 Å². The van der Waals surface area contributed by atoms with Gasteiger partial charge >= 0.3 is 0 Å². The summed E-state index contributed by atoms with van der Waals surface area (Å²) >= 11 is 0. The van der Waals surface area contributed by atoms with Gasteiger partial charge in [-0.2, -0.15) is 0 Å². The summed E-state index contributed by atoms with van der Waals surface area (Å²) in [5, 5.41) is 9.92. The van der Waals surface area contributed by atoms with Gasteiger partial charge in [0.25, 0.3) is 0 Å². The Hall–Kier alpha value is -1.59.